The molecule has 3 heterocycles. The van der Waals surface area contributed by atoms with Gasteiger partial charge in [-0.2, -0.15) is 5.10 Å². The minimum Gasteiger partial charge on any atom is -0.437 e. The first kappa shape index (κ1) is 21.3. The zero-order chi connectivity index (χ0) is 22.5. The average molecular weight is 432 g/mol. The van der Waals surface area contributed by atoms with E-state index in [1.165, 1.54) is 6.08 Å². The Morgan fingerprint density at radius 2 is 2.22 bits per heavy atom. The minimum absolute atomic E-state index is 0.186. The summed E-state index contributed by atoms with van der Waals surface area (Å²) in [5.41, 5.74) is 3.71. The van der Waals surface area contributed by atoms with Crippen LogP contribution in [-0.4, -0.2) is 43.4 Å². The van der Waals surface area contributed by atoms with Crippen molar-refractivity contribution in [2.24, 2.45) is 0 Å². The topological polar surface area (TPSA) is 107 Å². The molecule has 1 amide bonds. The molecule has 0 aliphatic carbocycles. The molecule has 0 atom stereocenters. The second kappa shape index (κ2) is 9.44. The van der Waals surface area contributed by atoms with Gasteiger partial charge < -0.3 is 19.8 Å². The SMILES string of the molecule is C=CC(=O)Nc1cccc(Oc2cnc3[nH]cc(-c4cnn(CCOC(C)C)c4)c3n2)c1. The van der Waals surface area contributed by atoms with Crippen molar-refractivity contribution in [2.45, 2.75) is 26.5 Å². The Balaban J connectivity index is 1.53. The summed E-state index contributed by atoms with van der Waals surface area (Å²) in [6, 6.07) is 7.02. The largest absolute Gasteiger partial charge is 0.437 e. The maximum Gasteiger partial charge on any atom is 0.247 e. The van der Waals surface area contributed by atoms with Crippen molar-refractivity contribution in [3.63, 3.8) is 0 Å². The molecule has 2 N–H and O–H groups in total. The van der Waals surface area contributed by atoms with Gasteiger partial charge >= 0.3 is 0 Å². The Bertz CT molecular complexity index is 1240. The molecule has 0 saturated carbocycles. The van der Waals surface area contributed by atoms with Crippen LogP contribution < -0.4 is 10.1 Å². The molecule has 0 unspecified atom stereocenters. The normalized spacial score (nSPS) is 11.1. The number of aromatic nitrogens is 5. The highest BCUT2D eigenvalue weighted by molar-refractivity contribution is 5.99. The molecule has 0 spiro atoms. The predicted molar refractivity (Wildman–Crippen MR) is 122 cm³/mol. The van der Waals surface area contributed by atoms with Crippen molar-refractivity contribution in [3.8, 4) is 22.8 Å². The van der Waals surface area contributed by atoms with Crippen LogP contribution in [0.3, 0.4) is 0 Å². The summed E-state index contributed by atoms with van der Waals surface area (Å²) < 4.78 is 13.3. The number of carbonyl (C=O) groups excluding carboxylic acids is 1. The molecule has 4 rings (SSSR count). The maximum atomic E-state index is 11.5. The van der Waals surface area contributed by atoms with Crippen molar-refractivity contribution in [1.82, 2.24) is 24.7 Å². The van der Waals surface area contributed by atoms with E-state index < -0.39 is 0 Å². The van der Waals surface area contributed by atoms with E-state index >= 15 is 0 Å². The number of ether oxygens (including phenoxy) is 2. The van der Waals surface area contributed by atoms with Gasteiger partial charge in [0.1, 0.15) is 11.3 Å². The van der Waals surface area contributed by atoms with Gasteiger partial charge in [0.15, 0.2) is 5.65 Å². The smallest absolute Gasteiger partial charge is 0.247 e. The second-order valence-electron chi connectivity index (χ2n) is 7.34. The highest BCUT2D eigenvalue weighted by atomic mass is 16.5. The van der Waals surface area contributed by atoms with Crippen LogP contribution >= 0.6 is 0 Å². The predicted octanol–water partition coefficient (Wildman–Crippen LogP) is 4.16. The van der Waals surface area contributed by atoms with Crippen LogP contribution in [0.4, 0.5) is 5.69 Å². The Hall–Kier alpha value is -3.98. The van der Waals surface area contributed by atoms with Crippen molar-refractivity contribution >= 4 is 22.8 Å². The van der Waals surface area contributed by atoms with E-state index in [0.717, 1.165) is 11.1 Å². The van der Waals surface area contributed by atoms with E-state index in [-0.39, 0.29) is 12.0 Å². The zero-order valence-corrected chi connectivity index (χ0v) is 17.9. The third kappa shape index (κ3) is 5.01. The molecule has 9 heteroatoms. The average Bonchev–Trinajstić information content (AvgIpc) is 3.40. The van der Waals surface area contributed by atoms with Gasteiger partial charge in [0, 0.05) is 35.3 Å². The molecule has 0 aliphatic heterocycles. The van der Waals surface area contributed by atoms with Gasteiger partial charge in [-0.25, -0.2) is 9.97 Å². The van der Waals surface area contributed by atoms with Crippen molar-refractivity contribution in [1.29, 1.82) is 0 Å². The molecule has 9 nitrogen and oxygen atoms in total. The lowest BCUT2D eigenvalue weighted by atomic mass is 10.2. The van der Waals surface area contributed by atoms with E-state index in [0.29, 0.717) is 41.6 Å². The summed E-state index contributed by atoms with van der Waals surface area (Å²) in [6.45, 7) is 8.72. The number of carbonyl (C=O) groups is 1. The minimum atomic E-state index is -0.295. The molecule has 0 saturated heterocycles. The first-order chi connectivity index (χ1) is 15.5. The van der Waals surface area contributed by atoms with Crippen LogP contribution in [0.15, 0.2) is 61.7 Å². The number of hydrogen-bond acceptors (Lipinski definition) is 6. The van der Waals surface area contributed by atoms with Gasteiger partial charge in [-0.15, -0.1) is 0 Å². The number of rotatable bonds is 9. The molecule has 164 valence electrons. The number of nitrogens with zero attached hydrogens (tertiary/aromatic N) is 4. The van der Waals surface area contributed by atoms with Crippen molar-refractivity contribution < 1.29 is 14.3 Å². The molecule has 4 aromatic rings. The van der Waals surface area contributed by atoms with E-state index in [9.17, 15) is 4.79 Å². The molecule has 0 radical (unpaired) electrons. The molecule has 32 heavy (non-hydrogen) atoms. The number of H-pyrrole nitrogens is 1. The van der Waals surface area contributed by atoms with E-state index in [4.69, 9.17) is 9.47 Å². The molecular formula is C23H24N6O3. The van der Waals surface area contributed by atoms with Gasteiger partial charge in [0.05, 0.1) is 31.6 Å². The lowest BCUT2D eigenvalue weighted by Gasteiger charge is -2.07. The number of hydrogen-bond donors (Lipinski definition) is 2. The zero-order valence-electron chi connectivity index (χ0n) is 17.9. The van der Waals surface area contributed by atoms with Crippen molar-refractivity contribution in [2.75, 3.05) is 11.9 Å². The number of amides is 1. The molecule has 0 fully saturated rings. The number of aromatic amines is 1. The Kier molecular flexibility index (Phi) is 6.27. The van der Waals surface area contributed by atoms with Crippen LogP contribution in [0.2, 0.25) is 0 Å². The fourth-order valence-corrected chi connectivity index (χ4v) is 3.10. The molecule has 1 aromatic carbocycles. The maximum absolute atomic E-state index is 11.5. The van der Waals surface area contributed by atoms with Crippen LogP contribution in [0, 0.1) is 0 Å². The number of anilines is 1. The van der Waals surface area contributed by atoms with Gasteiger partial charge in [-0.3, -0.25) is 9.48 Å². The number of benzene rings is 1. The first-order valence-corrected chi connectivity index (χ1v) is 10.2. The quantitative estimate of drug-likeness (QED) is 0.385. The Labute approximate surface area is 185 Å². The fraction of sp³-hybridized carbons (Fsp3) is 0.217. The second-order valence-corrected chi connectivity index (χ2v) is 7.34. The highest BCUT2D eigenvalue weighted by Crippen LogP contribution is 2.29. The van der Waals surface area contributed by atoms with Gasteiger partial charge in [-0.1, -0.05) is 12.6 Å². The monoisotopic (exact) mass is 432 g/mol. The van der Waals surface area contributed by atoms with Gasteiger partial charge in [-0.05, 0) is 32.1 Å². The third-order valence-electron chi connectivity index (χ3n) is 4.58. The first-order valence-electron chi connectivity index (χ1n) is 10.2. The summed E-state index contributed by atoms with van der Waals surface area (Å²) in [5.74, 6) is 0.565. The van der Waals surface area contributed by atoms with Crippen molar-refractivity contribution in [3.05, 3.63) is 61.7 Å². The van der Waals surface area contributed by atoms with Crippen LogP contribution in [0.5, 0.6) is 11.6 Å². The summed E-state index contributed by atoms with van der Waals surface area (Å²) in [7, 11) is 0. The van der Waals surface area contributed by atoms with E-state index in [1.54, 1.807) is 36.7 Å². The third-order valence-corrected chi connectivity index (χ3v) is 4.58. The van der Waals surface area contributed by atoms with Gasteiger partial charge in [0.2, 0.25) is 11.8 Å². The molecule has 0 aliphatic rings. The number of nitrogens with one attached hydrogen (secondary N) is 2. The summed E-state index contributed by atoms with van der Waals surface area (Å²) in [4.78, 5) is 23.7. The highest BCUT2D eigenvalue weighted by Gasteiger charge is 2.13. The lowest BCUT2D eigenvalue weighted by Crippen LogP contribution is -2.10. The molecular weight excluding hydrogens is 408 g/mol. The standard InChI is InChI=1S/C23H24N6O3/c1-4-20(30)27-17-6-5-7-18(10-17)32-21-13-25-23-22(28-21)19(12-24-23)16-11-26-29(14-16)8-9-31-15(2)3/h4-7,10-15H,1,8-9H2,2-3H3,(H,24,25)(H,27,30). The van der Waals surface area contributed by atoms with Crippen LogP contribution in [0.25, 0.3) is 22.3 Å². The van der Waals surface area contributed by atoms with E-state index in [2.05, 4.69) is 31.9 Å². The Morgan fingerprint density at radius 3 is 3.03 bits per heavy atom. The van der Waals surface area contributed by atoms with E-state index in [1.807, 2.05) is 30.9 Å². The molecule has 3 aromatic heterocycles. The Morgan fingerprint density at radius 1 is 1.34 bits per heavy atom. The van der Waals surface area contributed by atoms with Crippen LogP contribution in [0.1, 0.15) is 13.8 Å². The summed E-state index contributed by atoms with van der Waals surface area (Å²) >= 11 is 0. The van der Waals surface area contributed by atoms with Crippen LogP contribution in [-0.2, 0) is 16.1 Å². The lowest BCUT2D eigenvalue weighted by molar-refractivity contribution is -0.111. The summed E-state index contributed by atoms with van der Waals surface area (Å²) in [6.07, 6.45) is 8.54. The number of fused-ring (bicyclic) bond motifs is 1. The fourth-order valence-electron chi connectivity index (χ4n) is 3.10. The summed E-state index contributed by atoms with van der Waals surface area (Å²) in [5, 5.41) is 7.11. The van der Waals surface area contributed by atoms with Gasteiger partial charge in [0.25, 0.3) is 0 Å². The molecule has 0 bridgehead atoms.